The number of hydrogen-bond donors (Lipinski definition) is 0. The summed E-state index contributed by atoms with van der Waals surface area (Å²) < 4.78 is 3.31. The van der Waals surface area contributed by atoms with Gasteiger partial charge in [0, 0.05) is 39.4 Å². The van der Waals surface area contributed by atoms with Gasteiger partial charge in [0.2, 0.25) is 0 Å². The molecule has 1 aliphatic rings. The largest absolute Gasteiger partial charge is 0.342 e. The zero-order valence-corrected chi connectivity index (χ0v) is 25.0. The summed E-state index contributed by atoms with van der Waals surface area (Å²) in [6.07, 6.45) is 2.87. The van der Waals surface area contributed by atoms with Gasteiger partial charge in [-0.25, -0.2) is 5.01 Å². The van der Waals surface area contributed by atoms with E-state index < -0.39 is 0 Å². The van der Waals surface area contributed by atoms with E-state index >= 15 is 0 Å². The third kappa shape index (κ3) is 5.65. The molecule has 200 valence electrons. The SMILES string of the molecule is Cc1ccc([C@H]2CC(c3ccc(Br)cc3)=NN2C(=O)CSc2cn(Cc3cccc(C)c3)c3ccccc23)cc1. The molecule has 6 heteroatoms. The molecule has 0 saturated carbocycles. The van der Waals surface area contributed by atoms with Gasteiger partial charge in [0.15, 0.2) is 0 Å². The van der Waals surface area contributed by atoms with Gasteiger partial charge in [-0.3, -0.25) is 4.79 Å². The lowest BCUT2D eigenvalue weighted by atomic mass is 9.98. The Morgan fingerprint density at radius 1 is 0.925 bits per heavy atom. The van der Waals surface area contributed by atoms with Crippen molar-refractivity contribution in [1.82, 2.24) is 9.58 Å². The van der Waals surface area contributed by atoms with Gasteiger partial charge in [-0.15, -0.1) is 11.8 Å². The van der Waals surface area contributed by atoms with Crippen molar-refractivity contribution in [2.24, 2.45) is 5.10 Å². The lowest BCUT2D eigenvalue weighted by molar-refractivity contribution is -0.130. The average molecular weight is 609 g/mol. The molecule has 0 radical (unpaired) electrons. The number of aryl methyl sites for hydroxylation is 2. The first kappa shape index (κ1) is 26.6. The van der Waals surface area contributed by atoms with E-state index in [9.17, 15) is 4.79 Å². The zero-order valence-electron chi connectivity index (χ0n) is 22.5. The molecule has 4 nitrogen and oxygen atoms in total. The number of carbonyl (C=O) groups is 1. The predicted molar refractivity (Wildman–Crippen MR) is 169 cm³/mol. The van der Waals surface area contributed by atoms with E-state index in [1.165, 1.54) is 27.6 Å². The number of halogens is 1. The summed E-state index contributed by atoms with van der Waals surface area (Å²) in [7, 11) is 0. The third-order valence-corrected chi connectivity index (χ3v) is 8.90. The Morgan fingerprint density at radius 2 is 1.70 bits per heavy atom. The van der Waals surface area contributed by atoms with Crippen LogP contribution in [0.5, 0.6) is 0 Å². The van der Waals surface area contributed by atoms with Crippen LogP contribution in [0.3, 0.4) is 0 Å². The highest BCUT2D eigenvalue weighted by atomic mass is 79.9. The molecule has 0 fully saturated rings. The molecule has 1 aliphatic heterocycles. The van der Waals surface area contributed by atoms with Crippen LogP contribution in [0.25, 0.3) is 10.9 Å². The summed E-state index contributed by atoms with van der Waals surface area (Å²) in [6, 6.07) is 33.5. The molecule has 6 rings (SSSR count). The number of amides is 1. The van der Waals surface area contributed by atoms with Crippen molar-refractivity contribution in [3.8, 4) is 0 Å². The van der Waals surface area contributed by atoms with Gasteiger partial charge in [0.25, 0.3) is 5.91 Å². The first-order valence-corrected chi connectivity index (χ1v) is 15.2. The molecule has 0 unspecified atom stereocenters. The molecule has 0 aliphatic carbocycles. The van der Waals surface area contributed by atoms with Crippen LogP contribution in [0, 0.1) is 13.8 Å². The maximum atomic E-state index is 13.8. The topological polar surface area (TPSA) is 37.6 Å². The van der Waals surface area contributed by atoms with Gasteiger partial charge in [-0.05, 0) is 48.7 Å². The number of hydrazone groups is 1. The summed E-state index contributed by atoms with van der Waals surface area (Å²) in [4.78, 5) is 14.9. The zero-order chi connectivity index (χ0) is 27.6. The number of carbonyl (C=O) groups excluding carboxylic acids is 1. The number of para-hydroxylation sites is 1. The van der Waals surface area contributed by atoms with Crippen molar-refractivity contribution in [3.63, 3.8) is 0 Å². The van der Waals surface area contributed by atoms with Gasteiger partial charge in [-0.2, -0.15) is 5.10 Å². The summed E-state index contributed by atoms with van der Waals surface area (Å²) >= 11 is 5.11. The predicted octanol–water partition coefficient (Wildman–Crippen LogP) is 8.54. The van der Waals surface area contributed by atoms with E-state index in [0.29, 0.717) is 12.2 Å². The van der Waals surface area contributed by atoms with E-state index in [1.54, 1.807) is 16.8 Å². The van der Waals surface area contributed by atoms with Crippen molar-refractivity contribution < 1.29 is 4.79 Å². The highest BCUT2D eigenvalue weighted by molar-refractivity contribution is 9.10. The summed E-state index contributed by atoms with van der Waals surface area (Å²) in [5.41, 5.74) is 7.98. The fourth-order valence-electron chi connectivity index (χ4n) is 5.28. The number of benzene rings is 4. The number of thioether (sulfide) groups is 1. The Kier molecular flexibility index (Phi) is 7.63. The van der Waals surface area contributed by atoms with E-state index in [0.717, 1.165) is 32.8 Å². The Labute approximate surface area is 247 Å². The summed E-state index contributed by atoms with van der Waals surface area (Å²) in [5, 5.41) is 7.76. The highest BCUT2D eigenvalue weighted by Crippen LogP contribution is 2.36. The van der Waals surface area contributed by atoms with Gasteiger partial charge in [0.1, 0.15) is 0 Å². The molecule has 4 aromatic carbocycles. The van der Waals surface area contributed by atoms with Crippen molar-refractivity contribution in [2.45, 2.75) is 37.8 Å². The molecule has 2 heterocycles. The van der Waals surface area contributed by atoms with E-state index in [2.05, 4.69) is 125 Å². The third-order valence-electron chi connectivity index (χ3n) is 7.34. The first-order chi connectivity index (χ1) is 19.4. The van der Waals surface area contributed by atoms with Crippen LogP contribution in [-0.2, 0) is 11.3 Å². The van der Waals surface area contributed by atoms with Crippen molar-refractivity contribution in [1.29, 1.82) is 0 Å². The molecule has 0 saturated heterocycles. The lowest BCUT2D eigenvalue weighted by Gasteiger charge is -2.22. The smallest absolute Gasteiger partial charge is 0.253 e. The van der Waals surface area contributed by atoms with Crippen molar-refractivity contribution >= 4 is 50.2 Å². The van der Waals surface area contributed by atoms with E-state index in [1.807, 2.05) is 12.1 Å². The minimum Gasteiger partial charge on any atom is -0.342 e. The Morgan fingerprint density at radius 3 is 2.48 bits per heavy atom. The van der Waals surface area contributed by atoms with Gasteiger partial charge in [-0.1, -0.05) is 106 Å². The molecule has 40 heavy (non-hydrogen) atoms. The Balaban J connectivity index is 1.26. The minimum atomic E-state index is -0.116. The number of aromatic nitrogens is 1. The molecule has 1 aromatic heterocycles. The van der Waals surface area contributed by atoms with Crippen LogP contribution < -0.4 is 0 Å². The Bertz CT molecular complexity index is 1710. The molecular weight excluding hydrogens is 578 g/mol. The number of nitrogens with zero attached hydrogens (tertiary/aromatic N) is 3. The quantitative estimate of drug-likeness (QED) is 0.174. The Hall–Kier alpha value is -3.61. The second-order valence-electron chi connectivity index (χ2n) is 10.3. The molecular formula is C34H30BrN3OS. The summed E-state index contributed by atoms with van der Waals surface area (Å²) in [5.74, 6) is 0.330. The fourth-order valence-corrected chi connectivity index (χ4v) is 6.48. The van der Waals surface area contributed by atoms with Crippen molar-refractivity contribution in [3.05, 3.63) is 136 Å². The van der Waals surface area contributed by atoms with Gasteiger partial charge in [0.05, 0.1) is 17.5 Å². The second-order valence-corrected chi connectivity index (χ2v) is 12.3. The average Bonchev–Trinajstić information content (AvgIpc) is 3.55. The lowest BCUT2D eigenvalue weighted by Crippen LogP contribution is -2.28. The van der Waals surface area contributed by atoms with E-state index in [-0.39, 0.29) is 11.9 Å². The maximum Gasteiger partial charge on any atom is 0.253 e. The second kappa shape index (κ2) is 11.5. The normalized spacial score (nSPS) is 15.0. The van der Waals surface area contributed by atoms with Crippen LogP contribution in [0.2, 0.25) is 0 Å². The molecule has 5 aromatic rings. The molecule has 0 spiro atoms. The van der Waals surface area contributed by atoms with E-state index in [4.69, 9.17) is 5.10 Å². The monoisotopic (exact) mass is 607 g/mol. The summed E-state index contributed by atoms with van der Waals surface area (Å²) in [6.45, 7) is 4.99. The highest BCUT2D eigenvalue weighted by Gasteiger charge is 2.33. The van der Waals surface area contributed by atoms with Crippen LogP contribution in [0.1, 0.15) is 40.3 Å². The van der Waals surface area contributed by atoms with Gasteiger partial charge >= 0.3 is 0 Å². The molecule has 1 amide bonds. The van der Waals surface area contributed by atoms with Crippen LogP contribution in [0.4, 0.5) is 0 Å². The van der Waals surface area contributed by atoms with Crippen LogP contribution >= 0.6 is 27.7 Å². The van der Waals surface area contributed by atoms with Crippen molar-refractivity contribution in [2.75, 3.05) is 5.75 Å². The number of fused-ring (bicyclic) bond motifs is 1. The molecule has 0 N–H and O–H groups in total. The van der Waals surface area contributed by atoms with Crippen LogP contribution in [0.15, 0.2) is 118 Å². The molecule has 0 bridgehead atoms. The standard InChI is InChI=1S/C34H30BrN3OS/c1-23-10-12-27(13-11-23)32-19-30(26-14-16-28(35)17-15-26)36-38(32)34(39)22-40-33-21-37(31-9-4-3-8-29(31)33)20-25-7-5-6-24(2)18-25/h3-18,21,32H,19-20,22H2,1-2H3/t32-/m1/s1. The first-order valence-electron chi connectivity index (χ1n) is 13.4. The van der Waals surface area contributed by atoms with Crippen LogP contribution in [-0.4, -0.2) is 26.9 Å². The fraction of sp³-hybridized carbons (Fsp3) is 0.176. The number of hydrogen-bond acceptors (Lipinski definition) is 3. The minimum absolute atomic E-state index is 0.0122. The molecule has 1 atom stereocenters. The number of rotatable bonds is 7. The maximum absolute atomic E-state index is 13.8. The van der Waals surface area contributed by atoms with Gasteiger partial charge < -0.3 is 4.57 Å².